The van der Waals surface area contributed by atoms with Crippen LogP contribution in [-0.4, -0.2) is 26.7 Å². The Kier molecular flexibility index (Phi) is 6.01. The van der Waals surface area contributed by atoms with E-state index < -0.39 is 13.7 Å². The predicted molar refractivity (Wildman–Crippen MR) is 65.9 cm³/mol. The zero-order chi connectivity index (χ0) is 13.4. The van der Waals surface area contributed by atoms with Crippen molar-refractivity contribution in [2.24, 2.45) is 0 Å². The third-order valence-corrected chi connectivity index (χ3v) is 3.65. The molecule has 0 heterocycles. The van der Waals surface area contributed by atoms with E-state index in [1.54, 1.807) is 0 Å². The summed E-state index contributed by atoms with van der Waals surface area (Å²) in [6.45, 7) is -0.0720. The molecule has 0 saturated carbocycles. The Morgan fingerprint density at radius 1 is 1.22 bits per heavy atom. The normalized spacial score (nSPS) is 11.2. The molecule has 7 heteroatoms. The lowest BCUT2D eigenvalue weighted by atomic mass is 10.2. The number of hydrogen-bond donors (Lipinski definition) is 1. The first-order valence-electron chi connectivity index (χ1n) is 5.26. The van der Waals surface area contributed by atoms with E-state index in [9.17, 15) is 9.36 Å². The molecular weight excluding hydrogens is 257 g/mol. The first-order chi connectivity index (χ1) is 8.59. The highest BCUT2D eigenvalue weighted by Gasteiger charge is 2.21. The number of hydrogen-bond acceptors (Lipinski definition) is 5. The molecule has 0 saturated heterocycles. The fourth-order valence-electron chi connectivity index (χ4n) is 1.15. The molecule has 0 atom stereocenters. The molecule has 6 nitrogen and oxygen atoms in total. The first-order valence-corrected chi connectivity index (χ1v) is 6.80. The van der Waals surface area contributed by atoms with E-state index in [1.165, 1.54) is 14.2 Å². The zero-order valence-corrected chi connectivity index (χ0v) is 11.2. The van der Waals surface area contributed by atoms with Gasteiger partial charge in [-0.1, -0.05) is 30.3 Å². The van der Waals surface area contributed by atoms with Crippen LogP contribution in [0.4, 0.5) is 0 Å². The average Bonchev–Trinajstić information content (AvgIpc) is 2.43. The highest BCUT2D eigenvalue weighted by molar-refractivity contribution is 7.51. The third-order valence-electron chi connectivity index (χ3n) is 2.14. The minimum Gasteiger partial charge on any atom is -0.460 e. The quantitative estimate of drug-likeness (QED) is 0.602. The average molecular weight is 273 g/mol. The van der Waals surface area contributed by atoms with Crippen molar-refractivity contribution < 1.29 is 23.1 Å². The van der Waals surface area contributed by atoms with Crippen molar-refractivity contribution >= 4 is 13.7 Å². The van der Waals surface area contributed by atoms with Crippen LogP contribution < -0.4 is 5.09 Å². The summed E-state index contributed by atoms with van der Waals surface area (Å²) >= 11 is 0. The second-order valence-electron chi connectivity index (χ2n) is 3.34. The van der Waals surface area contributed by atoms with Gasteiger partial charge in [0.1, 0.15) is 13.2 Å². The summed E-state index contributed by atoms with van der Waals surface area (Å²) in [5.41, 5.74) is 0.882. The molecule has 0 radical (unpaired) electrons. The van der Waals surface area contributed by atoms with Crippen molar-refractivity contribution in [3.63, 3.8) is 0 Å². The Bertz CT molecular complexity index is 415. The lowest BCUT2D eigenvalue weighted by Gasteiger charge is -2.13. The number of carbonyl (C=O) groups excluding carboxylic acids is 1. The molecule has 0 spiro atoms. The Balaban J connectivity index is 2.32. The number of ether oxygens (including phenoxy) is 1. The summed E-state index contributed by atoms with van der Waals surface area (Å²) in [4.78, 5) is 11.4. The number of esters is 1. The molecule has 1 rings (SSSR count). The van der Waals surface area contributed by atoms with Gasteiger partial charge in [-0.25, -0.2) is 9.65 Å². The Hall–Kier alpha value is -1.20. The van der Waals surface area contributed by atoms with Gasteiger partial charge in [-0.3, -0.25) is 4.79 Å². The van der Waals surface area contributed by atoms with Gasteiger partial charge in [-0.2, -0.15) is 0 Å². The number of carbonyl (C=O) groups is 1. The van der Waals surface area contributed by atoms with Crippen molar-refractivity contribution in [2.75, 3.05) is 20.8 Å². The molecule has 1 N–H and O–H groups in total. The van der Waals surface area contributed by atoms with Gasteiger partial charge in [0.25, 0.3) is 0 Å². The number of rotatable bonds is 7. The molecule has 0 bridgehead atoms. The van der Waals surface area contributed by atoms with Crippen LogP contribution in [0.2, 0.25) is 0 Å². The molecule has 0 unspecified atom stereocenters. The summed E-state index contributed by atoms with van der Waals surface area (Å²) in [7, 11) is -0.924. The number of nitrogens with one attached hydrogen (secondary N) is 1. The Morgan fingerprint density at radius 3 is 2.39 bits per heavy atom. The van der Waals surface area contributed by atoms with Crippen LogP contribution in [0.1, 0.15) is 5.56 Å². The molecule has 1 aromatic rings. The topological polar surface area (TPSA) is 73.9 Å². The minimum absolute atomic E-state index is 0.172. The summed E-state index contributed by atoms with van der Waals surface area (Å²) in [6.07, 6.45) is 0. The third kappa shape index (κ3) is 4.98. The summed E-state index contributed by atoms with van der Waals surface area (Å²) < 4.78 is 25.8. The maximum absolute atomic E-state index is 11.6. The Labute approximate surface area is 106 Å². The molecule has 0 aliphatic heterocycles. The van der Waals surface area contributed by atoms with E-state index in [1.807, 2.05) is 30.3 Å². The van der Waals surface area contributed by atoms with Crippen LogP contribution in [0.15, 0.2) is 30.3 Å². The maximum Gasteiger partial charge on any atom is 0.405 e. The van der Waals surface area contributed by atoms with E-state index >= 15 is 0 Å². The predicted octanol–water partition coefficient (Wildman–Crippen LogP) is 1.72. The van der Waals surface area contributed by atoms with Crippen LogP contribution in [-0.2, 0) is 29.8 Å². The van der Waals surface area contributed by atoms with Crippen LogP contribution in [0.3, 0.4) is 0 Å². The fourth-order valence-corrected chi connectivity index (χ4v) is 1.88. The minimum atomic E-state index is -3.38. The van der Waals surface area contributed by atoms with E-state index in [4.69, 9.17) is 4.74 Å². The van der Waals surface area contributed by atoms with Crippen molar-refractivity contribution in [1.82, 2.24) is 5.09 Å². The molecule has 0 fully saturated rings. The summed E-state index contributed by atoms with van der Waals surface area (Å²) in [5.74, 6) is -0.534. The molecule has 0 aromatic heterocycles. The van der Waals surface area contributed by atoms with E-state index in [0.717, 1.165) is 5.56 Å². The smallest absolute Gasteiger partial charge is 0.405 e. The van der Waals surface area contributed by atoms with Crippen LogP contribution in [0.25, 0.3) is 0 Å². The molecule has 18 heavy (non-hydrogen) atoms. The van der Waals surface area contributed by atoms with Gasteiger partial charge in [-0.15, -0.1) is 0 Å². The zero-order valence-electron chi connectivity index (χ0n) is 10.3. The van der Waals surface area contributed by atoms with Crippen LogP contribution >= 0.6 is 7.75 Å². The van der Waals surface area contributed by atoms with Gasteiger partial charge in [0.05, 0.1) is 0 Å². The van der Waals surface area contributed by atoms with Gasteiger partial charge in [0, 0.05) is 14.2 Å². The first kappa shape index (κ1) is 14.9. The molecule has 100 valence electrons. The highest BCUT2D eigenvalue weighted by Crippen LogP contribution is 2.40. The highest BCUT2D eigenvalue weighted by atomic mass is 31.2. The lowest BCUT2D eigenvalue weighted by Crippen LogP contribution is -2.23. The van der Waals surface area contributed by atoms with Crippen molar-refractivity contribution in [2.45, 2.75) is 6.61 Å². The van der Waals surface area contributed by atoms with E-state index in [2.05, 4.69) is 14.1 Å². The molecule has 0 aliphatic rings. The summed E-state index contributed by atoms with van der Waals surface area (Å²) in [6, 6.07) is 9.27. The molecular formula is C11H16NO5P. The van der Waals surface area contributed by atoms with Crippen molar-refractivity contribution in [3.8, 4) is 0 Å². The number of benzene rings is 1. The molecule has 0 aliphatic carbocycles. The lowest BCUT2D eigenvalue weighted by molar-refractivity contribution is -0.143. The van der Waals surface area contributed by atoms with Crippen LogP contribution in [0.5, 0.6) is 0 Å². The van der Waals surface area contributed by atoms with Crippen molar-refractivity contribution in [3.05, 3.63) is 35.9 Å². The molecule has 1 aromatic carbocycles. The van der Waals surface area contributed by atoms with Crippen LogP contribution in [0, 0.1) is 0 Å². The summed E-state index contributed by atoms with van der Waals surface area (Å²) in [5, 5.41) is 2.37. The SMILES string of the molecule is COP(=O)(NCC(=O)OCc1ccccc1)OC. The van der Waals surface area contributed by atoms with Gasteiger partial charge < -0.3 is 13.8 Å². The second-order valence-corrected chi connectivity index (χ2v) is 5.39. The maximum atomic E-state index is 11.6. The monoisotopic (exact) mass is 273 g/mol. The fraction of sp³-hybridized carbons (Fsp3) is 0.364. The second kappa shape index (κ2) is 7.28. The van der Waals surface area contributed by atoms with E-state index in [0.29, 0.717) is 0 Å². The van der Waals surface area contributed by atoms with Crippen molar-refractivity contribution in [1.29, 1.82) is 0 Å². The standard InChI is InChI=1S/C11H16NO5P/c1-15-18(14,16-2)12-8-11(13)17-9-10-6-4-3-5-7-10/h3-7H,8-9H2,1-2H3,(H,12,14). The van der Waals surface area contributed by atoms with Gasteiger partial charge in [-0.05, 0) is 5.56 Å². The Morgan fingerprint density at radius 2 is 1.83 bits per heavy atom. The van der Waals surface area contributed by atoms with Gasteiger partial charge >= 0.3 is 13.7 Å². The van der Waals surface area contributed by atoms with E-state index in [-0.39, 0.29) is 13.2 Å². The van der Waals surface area contributed by atoms with Gasteiger partial charge in [0.15, 0.2) is 0 Å². The van der Waals surface area contributed by atoms with Gasteiger partial charge in [0.2, 0.25) is 0 Å². The largest absolute Gasteiger partial charge is 0.460 e. The molecule has 0 amide bonds.